The van der Waals surface area contributed by atoms with Gasteiger partial charge in [-0.25, -0.2) is 9.97 Å². The van der Waals surface area contributed by atoms with Crippen LogP contribution in [-0.4, -0.2) is 35.7 Å². The minimum Gasteiger partial charge on any atom is -0.382 e. The molecule has 1 atom stereocenters. The molecule has 0 saturated heterocycles. The molecule has 4 N–H and O–H groups in total. The van der Waals surface area contributed by atoms with Crippen molar-refractivity contribution < 1.29 is 4.79 Å². The zero-order valence-electron chi connectivity index (χ0n) is 19.3. The molecule has 0 spiro atoms. The summed E-state index contributed by atoms with van der Waals surface area (Å²) in [5.74, 6) is 1.32. The second kappa shape index (κ2) is 9.83. The molecule has 1 aliphatic carbocycles. The number of fused-ring (bicyclic) bond motifs is 1. The first-order chi connectivity index (χ1) is 17.0. The first kappa shape index (κ1) is 23.0. The van der Waals surface area contributed by atoms with Crippen LogP contribution in [0.1, 0.15) is 60.7 Å². The minimum absolute atomic E-state index is 0.0992. The Morgan fingerprint density at radius 3 is 2.86 bits per heavy atom. The van der Waals surface area contributed by atoms with E-state index >= 15 is 0 Å². The highest BCUT2D eigenvalue weighted by molar-refractivity contribution is 6.30. The number of anilines is 3. The van der Waals surface area contributed by atoms with E-state index in [0.717, 1.165) is 17.8 Å². The van der Waals surface area contributed by atoms with Gasteiger partial charge in [0.15, 0.2) is 28.8 Å². The summed E-state index contributed by atoms with van der Waals surface area (Å²) in [6.07, 6.45) is 7.34. The van der Waals surface area contributed by atoms with E-state index in [1.807, 2.05) is 12.1 Å². The summed E-state index contributed by atoms with van der Waals surface area (Å²) in [4.78, 5) is 21.8. The molecular weight excluding hydrogens is 466 g/mol. The monoisotopic (exact) mass is 491 g/mol. The van der Waals surface area contributed by atoms with Crippen molar-refractivity contribution in [2.75, 3.05) is 11.1 Å². The Kier molecular flexibility index (Phi) is 6.45. The number of carbonyl (C=O) groups excluding carboxylic acids is 1. The molecule has 1 fully saturated rings. The lowest BCUT2D eigenvalue weighted by Crippen LogP contribution is -2.30. The predicted molar refractivity (Wildman–Crippen MR) is 134 cm³/mol. The Labute approximate surface area is 207 Å². The lowest BCUT2D eigenvalue weighted by Gasteiger charge is -2.14. The summed E-state index contributed by atoms with van der Waals surface area (Å²) < 4.78 is 1.59. The summed E-state index contributed by atoms with van der Waals surface area (Å²) in [6.45, 7) is 1.80. The van der Waals surface area contributed by atoms with Gasteiger partial charge in [-0.1, -0.05) is 43.4 Å². The van der Waals surface area contributed by atoms with Crippen LogP contribution in [0.25, 0.3) is 5.65 Å². The molecular formula is C24H26ClN9O. The van der Waals surface area contributed by atoms with Gasteiger partial charge in [0, 0.05) is 10.7 Å². The normalized spacial score (nSPS) is 14.8. The summed E-state index contributed by atoms with van der Waals surface area (Å²) in [7, 11) is 0. The van der Waals surface area contributed by atoms with E-state index in [4.69, 9.17) is 17.3 Å². The molecule has 0 unspecified atom stereocenters. The number of aromatic nitrogens is 6. The second-order valence-electron chi connectivity index (χ2n) is 8.83. The van der Waals surface area contributed by atoms with E-state index in [9.17, 15) is 4.79 Å². The van der Waals surface area contributed by atoms with E-state index in [1.54, 1.807) is 41.9 Å². The summed E-state index contributed by atoms with van der Waals surface area (Å²) in [5, 5.41) is 19.7. The minimum atomic E-state index is -0.508. The number of carbonyl (C=O) groups is 1. The van der Waals surface area contributed by atoms with Crippen molar-refractivity contribution in [1.29, 1.82) is 0 Å². The zero-order valence-corrected chi connectivity index (χ0v) is 20.0. The van der Waals surface area contributed by atoms with Crippen LogP contribution >= 0.6 is 11.6 Å². The van der Waals surface area contributed by atoms with Crippen molar-refractivity contribution in [1.82, 2.24) is 35.1 Å². The molecule has 0 aliphatic heterocycles. The van der Waals surface area contributed by atoms with Gasteiger partial charge in [-0.15, -0.1) is 15.3 Å². The molecule has 1 aromatic carbocycles. The standard InChI is InChI=1S/C24H26ClN9O/c1-14(28-24(35)21-22(26)27-13-18(30-21)11-15-5-2-3-6-15)23-32-31-20-10-9-19(33-34(20)23)29-17-8-4-7-16(25)12-17/h4,7-10,12-15H,2-3,5-6,11H2,1H3,(H2,26,27)(H,28,35)(H,29,33)/t14-/m1/s1. The fourth-order valence-corrected chi connectivity index (χ4v) is 4.59. The van der Waals surface area contributed by atoms with Crippen LogP contribution < -0.4 is 16.4 Å². The maximum Gasteiger partial charge on any atom is 0.274 e. The SMILES string of the molecule is C[C@@H](NC(=O)c1nc(CC2CCCC2)cnc1N)c1nnc2ccc(Nc3cccc(Cl)c3)nn12. The van der Waals surface area contributed by atoms with Crippen molar-refractivity contribution in [3.63, 3.8) is 0 Å². The molecule has 0 radical (unpaired) electrons. The third kappa shape index (κ3) is 5.17. The van der Waals surface area contributed by atoms with Crippen LogP contribution in [0.5, 0.6) is 0 Å². The Morgan fingerprint density at radius 1 is 1.23 bits per heavy atom. The van der Waals surface area contributed by atoms with E-state index in [2.05, 4.69) is 35.9 Å². The number of nitrogen functional groups attached to an aromatic ring is 1. The highest BCUT2D eigenvalue weighted by atomic mass is 35.5. The largest absolute Gasteiger partial charge is 0.382 e. The van der Waals surface area contributed by atoms with Crippen molar-refractivity contribution in [2.24, 2.45) is 5.92 Å². The number of nitrogens with one attached hydrogen (secondary N) is 2. The molecule has 3 heterocycles. The van der Waals surface area contributed by atoms with E-state index < -0.39 is 11.9 Å². The van der Waals surface area contributed by atoms with E-state index in [1.165, 1.54) is 25.7 Å². The molecule has 5 rings (SSSR count). The molecule has 1 saturated carbocycles. The lowest BCUT2D eigenvalue weighted by molar-refractivity contribution is 0.0933. The number of rotatable bonds is 7. The molecule has 35 heavy (non-hydrogen) atoms. The predicted octanol–water partition coefficient (Wildman–Crippen LogP) is 4.12. The van der Waals surface area contributed by atoms with Crippen LogP contribution in [0.3, 0.4) is 0 Å². The van der Waals surface area contributed by atoms with Gasteiger partial charge in [-0.2, -0.15) is 4.52 Å². The van der Waals surface area contributed by atoms with Gasteiger partial charge in [0.2, 0.25) is 0 Å². The average Bonchev–Trinajstić information content (AvgIpc) is 3.50. The third-order valence-electron chi connectivity index (χ3n) is 6.16. The van der Waals surface area contributed by atoms with Crippen LogP contribution in [0.2, 0.25) is 5.02 Å². The summed E-state index contributed by atoms with van der Waals surface area (Å²) >= 11 is 6.07. The van der Waals surface area contributed by atoms with E-state index in [-0.39, 0.29) is 11.5 Å². The fourth-order valence-electron chi connectivity index (χ4n) is 4.40. The fraction of sp³-hybridized carbons (Fsp3) is 0.333. The molecule has 1 amide bonds. The molecule has 10 nitrogen and oxygen atoms in total. The molecule has 1 aliphatic rings. The number of nitrogens with two attached hydrogens (primary N) is 1. The van der Waals surface area contributed by atoms with Gasteiger partial charge in [0.1, 0.15) is 0 Å². The van der Waals surface area contributed by atoms with Crippen LogP contribution in [-0.2, 0) is 6.42 Å². The quantitative estimate of drug-likeness (QED) is 0.351. The zero-order chi connectivity index (χ0) is 24.4. The molecule has 3 aromatic heterocycles. The molecule has 0 bridgehead atoms. The van der Waals surface area contributed by atoms with Gasteiger partial charge < -0.3 is 16.4 Å². The number of amides is 1. The van der Waals surface area contributed by atoms with Crippen LogP contribution in [0.15, 0.2) is 42.6 Å². The van der Waals surface area contributed by atoms with E-state index in [0.29, 0.717) is 28.2 Å². The summed E-state index contributed by atoms with van der Waals surface area (Å²) in [5.41, 5.74) is 8.25. The lowest BCUT2D eigenvalue weighted by atomic mass is 10.0. The highest BCUT2D eigenvalue weighted by Gasteiger charge is 2.22. The van der Waals surface area contributed by atoms with Crippen LogP contribution in [0.4, 0.5) is 17.3 Å². The Balaban J connectivity index is 1.33. The van der Waals surface area contributed by atoms with Crippen molar-refractivity contribution in [3.05, 3.63) is 64.8 Å². The van der Waals surface area contributed by atoms with Crippen LogP contribution in [0, 0.1) is 5.92 Å². The Morgan fingerprint density at radius 2 is 2.06 bits per heavy atom. The second-order valence-corrected chi connectivity index (χ2v) is 9.26. The maximum atomic E-state index is 13.0. The first-order valence-corrected chi connectivity index (χ1v) is 12.0. The summed E-state index contributed by atoms with van der Waals surface area (Å²) in [6, 6.07) is 10.4. The average molecular weight is 492 g/mol. The van der Waals surface area contributed by atoms with Gasteiger partial charge >= 0.3 is 0 Å². The van der Waals surface area contributed by atoms with Gasteiger partial charge in [0.05, 0.1) is 17.9 Å². The Bertz CT molecular complexity index is 1370. The molecule has 180 valence electrons. The molecule has 4 aromatic rings. The van der Waals surface area contributed by atoms with Gasteiger partial charge in [-0.05, 0) is 49.6 Å². The topological polar surface area (TPSA) is 136 Å². The Hall–Kier alpha value is -3.79. The number of nitrogens with zero attached hydrogens (tertiary/aromatic N) is 6. The molecule has 11 heteroatoms. The maximum absolute atomic E-state index is 13.0. The van der Waals surface area contributed by atoms with Crippen molar-refractivity contribution >= 4 is 40.5 Å². The highest BCUT2D eigenvalue weighted by Crippen LogP contribution is 2.27. The van der Waals surface area contributed by atoms with Gasteiger partial charge in [-0.3, -0.25) is 4.79 Å². The first-order valence-electron chi connectivity index (χ1n) is 11.6. The van der Waals surface area contributed by atoms with Crippen molar-refractivity contribution in [3.8, 4) is 0 Å². The van der Waals surface area contributed by atoms with Gasteiger partial charge in [0.25, 0.3) is 5.91 Å². The van der Waals surface area contributed by atoms with Crippen molar-refractivity contribution in [2.45, 2.75) is 45.1 Å². The number of hydrogen-bond acceptors (Lipinski definition) is 8. The smallest absolute Gasteiger partial charge is 0.274 e. The third-order valence-corrected chi connectivity index (χ3v) is 6.39. The number of halogens is 1. The number of hydrogen-bond donors (Lipinski definition) is 3. The number of benzene rings is 1.